The topological polar surface area (TPSA) is 78.5 Å². The number of piperidine rings is 1. The van der Waals surface area contributed by atoms with Gasteiger partial charge in [0.05, 0.1) is 0 Å². The molecule has 2 rings (SSSR count). The predicted octanol–water partition coefficient (Wildman–Crippen LogP) is 3.69. The lowest BCUT2D eigenvalue weighted by atomic mass is 9.95. The summed E-state index contributed by atoms with van der Waals surface area (Å²) in [6.07, 6.45) is 2.37. The van der Waals surface area contributed by atoms with Crippen LogP contribution in [0.25, 0.3) is 0 Å². The summed E-state index contributed by atoms with van der Waals surface area (Å²) in [6, 6.07) is 6.99. The summed E-state index contributed by atoms with van der Waals surface area (Å²) < 4.78 is 0. The van der Waals surface area contributed by atoms with E-state index in [0.717, 1.165) is 6.42 Å². The van der Waals surface area contributed by atoms with Crippen molar-refractivity contribution in [2.45, 2.75) is 53.9 Å². The molecule has 1 heterocycles. The number of nitrogens with one attached hydrogen (secondary N) is 2. The van der Waals surface area contributed by atoms with Crippen molar-refractivity contribution < 1.29 is 14.4 Å². The molecule has 6 heteroatoms. The summed E-state index contributed by atoms with van der Waals surface area (Å²) in [7, 11) is 0. The van der Waals surface area contributed by atoms with Gasteiger partial charge in [-0.1, -0.05) is 34.6 Å². The van der Waals surface area contributed by atoms with E-state index < -0.39 is 5.41 Å². The highest BCUT2D eigenvalue weighted by molar-refractivity contribution is 5.97. The molecule has 0 unspecified atom stereocenters. The van der Waals surface area contributed by atoms with Crippen LogP contribution in [0.3, 0.4) is 0 Å². The van der Waals surface area contributed by atoms with Gasteiger partial charge < -0.3 is 15.5 Å². The Hall–Kier alpha value is -2.37. The van der Waals surface area contributed by atoms with Crippen molar-refractivity contribution in [3.8, 4) is 0 Å². The Labute approximate surface area is 174 Å². The number of carbonyl (C=O) groups is 3. The summed E-state index contributed by atoms with van der Waals surface area (Å²) in [5.41, 5.74) is 0.803. The molecule has 160 valence electrons. The molecule has 0 bridgehead atoms. The van der Waals surface area contributed by atoms with Gasteiger partial charge in [-0.25, -0.2) is 0 Å². The Bertz CT molecular complexity index is 712. The van der Waals surface area contributed by atoms with Gasteiger partial charge in [0.15, 0.2) is 0 Å². The standard InChI is InChI=1S/C23H35N3O3/c1-16(2)10-13-24-20(27)17-11-14-26(15-12-17)21(28)18-6-8-19(9-7-18)25-22(29)23(3,4)5/h6-9,16-17H,10-15H2,1-5H3,(H,24,27)(H,25,29). The van der Waals surface area contributed by atoms with E-state index in [2.05, 4.69) is 24.5 Å². The Morgan fingerprint density at radius 2 is 1.66 bits per heavy atom. The molecular weight excluding hydrogens is 366 g/mol. The van der Waals surface area contributed by atoms with Gasteiger partial charge in [0.25, 0.3) is 5.91 Å². The minimum Gasteiger partial charge on any atom is -0.356 e. The fourth-order valence-electron chi connectivity index (χ4n) is 3.17. The number of amides is 3. The van der Waals surface area contributed by atoms with Gasteiger partial charge in [-0.15, -0.1) is 0 Å². The Morgan fingerprint density at radius 3 is 2.17 bits per heavy atom. The smallest absolute Gasteiger partial charge is 0.253 e. The summed E-state index contributed by atoms with van der Waals surface area (Å²) >= 11 is 0. The van der Waals surface area contributed by atoms with Crippen molar-refractivity contribution in [1.29, 1.82) is 0 Å². The molecule has 0 spiro atoms. The summed E-state index contributed by atoms with van der Waals surface area (Å²) in [5.74, 6) is 0.573. The molecule has 6 nitrogen and oxygen atoms in total. The van der Waals surface area contributed by atoms with Crippen LogP contribution in [0.4, 0.5) is 5.69 Å². The molecule has 1 aliphatic heterocycles. The monoisotopic (exact) mass is 401 g/mol. The van der Waals surface area contributed by atoms with Crippen LogP contribution in [0.1, 0.15) is 64.2 Å². The number of hydrogen-bond acceptors (Lipinski definition) is 3. The van der Waals surface area contributed by atoms with Crippen molar-refractivity contribution in [3.05, 3.63) is 29.8 Å². The largest absolute Gasteiger partial charge is 0.356 e. The van der Waals surface area contributed by atoms with E-state index in [4.69, 9.17) is 0 Å². The average molecular weight is 402 g/mol. The zero-order chi connectivity index (χ0) is 21.6. The van der Waals surface area contributed by atoms with E-state index in [1.54, 1.807) is 29.2 Å². The first-order chi connectivity index (χ1) is 13.6. The van der Waals surface area contributed by atoms with Crippen molar-refractivity contribution in [1.82, 2.24) is 10.2 Å². The van der Waals surface area contributed by atoms with Crippen molar-refractivity contribution in [2.75, 3.05) is 25.0 Å². The SMILES string of the molecule is CC(C)CCNC(=O)C1CCN(C(=O)c2ccc(NC(=O)C(C)(C)C)cc2)CC1. The molecule has 0 aromatic heterocycles. The van der Waals surface area contributed by atoms with Crippen molar-refractivity contribution >= 4 is 23.4 Å². The number of carbonyl (C=O) groups excluding carboxylic acids is 3. The Kier molecular flexibility index (Phi) is 7.82. The van der Waals surface area contributed by atoms with Gasteiger partial charge in [-0.05, 0) is 49.4 Å². The predicted molar refractivity (Wildman–Crippen MR) is 116 cm³/mol. The third-order valence-electron chi connectivity index (χ3n) is 5.24. The van der Waals surface area contributed by atoms with Crippen LogP contribution in [0.2, 0.25) is 0 Å². The fraction of sp³-hybridized carbons (Fsp3) is 0.609. The highest BCUT2D eigenvalue weighted by Gasteiger charge is 2.28. The molecule has 2 N–H and O–H groups in total. The third-order valence-corrected chi connectivity index (χ3v) is 5.24. The summed E-state index contributed by atoms with van der Waals surface area (Å²) in [4.78, 5) is 38.9. The van der Waals surface area contributed by atoms with Crippen LogP contribution in [-0.4, -0.2) is 42.3 Å². The van der Waals surface area contributed by atoms with Crippen LogP contribution in [0.5, 0.6) is 0 Å². The summed E-state index contributed by atoms with van der Waals surface area (Å²) in [5, 5.41) is 5.88. The number of anilines is 1. The van der Waals surface area contributed by atoms with E-state index in [-0.39, 0.29) is 23.6 Å². The van der Waals surface area contributed by atoms with E-state index in [0.29, 0.717) is 49.6 Å². The zero-order valence-electron chi connectivity index (χ0n) is 18.4. The first-order valence-electron chi connectivity index (χ1n) is 10.6. The lowest BCUT2D eigenvalue weighted by Crippen LogP contribution is -2.43. The van der Waals surface area contributed by atoms with Crippen LogP contribution in [0.15, 0.2) is 24.3 Å². The van der Waals surface area contributed by atoms with Crippen LogP contribution in [-0.2, 0) is 9.59 Å². The quantitative estimate of drug-likeness (QED) is 0.763. The molecule has 0 aliphatic carbocycles. The third kappa shape index (κ3) is 6.87. The van der Waals surface area contributed by atoms with E-state index in [9.17, 15) is 14.4 Å². The average Bonchev–Trinajstić information content (AvgIpc) is 2.67. The Balaban J connectivity index is 1.84. The number of rotatable bonds is 6. The fourth-order valence-corrected chi connectivity index (χ4v) is 3.17. The first-order valence-corrected chi connectivity index (χ1v) is 10.6. The van der Waals surface area contributed by atoms with E-state index >= 15 is 0 Å². The maximum absolute atomic E-state index is 12.8. The van der Waals surface area contributed by atoms with Crippen LogP contribution in [0, 0.1) is 17.3 Å². The van der Waals surface area contributed by atoms with Gasteiger partial charge in [-0.3, -0.25) is 14.4 Å². The lowest BCUT2D eigenvalue weighted by molar-refractivity contribution is -0.126. The minimum absolute atomic E-state index is 0.0128. The second-order valence-corrected chi connectivity index (χ2v) is 9.32. The second-order valence-electron chi connectivity index (χ2n) is 9.32. The van der Waals surface area contributed by atoms with Gasteiger partial charge in [0, 0.05) is 42.2 Å². The Morgan fingerprint density at radius 1 is 1.07 bits per heavy atom. The zero-order valence-corrected chi connectivity index (χ0v) is 18.4. The normalized spacial score (nSPS) is 15.3. The van der Waals surface area contributed by atoms with E-state index in [1.165, 1.54) is 0 Å². The molecule has 0 atom stereocenters. The highest BCUT2D eigenvalue weighted by atomic mass is 16.2. The molecular formula is C23H35N3O3. The highest BCUT2D eigenvalue weighted by Crippen LogP contribution is 2.21. The number of nitrogens with zero attached hydrogens (tertiary/aromatic N) is 1. The molecule has 1 saturated heterocycles. The molecule has 1 aromatic carbocycles. The maximum atomic E-state index is 12.8. The lowest BCUT2D eigenvalue weighted by Gasteiger charge is -2.31. The molecule has 0 saturated carbocycles. The van der Waals surface area contributed by atoms with Crippen molar-refractivity contribution in [2.24, 2.45) is 17.3 Å². The van der Waals surface area contributed by atoms with Crippen molar-refractivity contribution in [3.63, 3.8) is 0 Å². The van der Waals surface area contributed by atoms with Gasteiger partial charge in [-0.2, -0.15) is 0 Å². The van der Waals surface area contributed by atoms with Crippen LogP contribution >= 0.6 is 0 Å². The van der Waals surface area contributed by atoms with Gasteiger partial charge in [0.1, 0.15) is 0 Å². The number of hydrogen-bond donors (Lipinski definition) is 2. The summed E-state index contributed by atoms with van der Waals surface area (Å²) in [6.45, 7) is 11.7. The molecule has 29 heavy (non-hydrogen) atoms. The molecule has 1 aliphatic rings. The minimum atomic E-state index is -0.472. The number of benzene rings is 1. The molecule has 3 amide bonds. The molecule has 1 aromatic rings. The second kappa shape index (κ2) is 9.90. The molecule has 0 radical (unpaired) electrons. The first kappa shape index (κ1) is 22.9. The number of likely N-dealkylation sites (tertiary alicyclic amines) is 1. The van der Waals surface area contributed by atoms with E-state index in [1.807, 2.05) is 20.8 Å². The molecule has 1 fully saturated rings. The van der Waals surface area contributed by atoms with Crippen LogP contribution < -0.4 is 10.6 Å². The maximum Gasteiger partial charge on any atom is 0.253 e. The van der Waals surface area contributed by atoms with Gasteiger partial charge >= 0.3 is 0 Å². The van der Waals surface area contributed by atoms with Gasteiger partial charge in [0.2, 0.25) is 11.8 Å².